The molecule has 0 amide bonds. The van der Waals surface area contributed by atoms with Crippen molar-refractivity contribution in [3.63, 3.8) is 0 Å². The first kappa shape index (κ1) is 12.6. The van der Waals surface area contributed by atoms with Crippen LogP contribution in [0.25, 0.3) is 0 Å². The minimum absolute atomic E-state index is 0.0169. The first-order valence-electron chi connectivity index (χ1n) is 6.72. The molecule has 0 unspecified atom stereocenters. The van der Waals surface area contributed by atoms with Crippen LogP contribution >= 0.6 is 0 Å². The maximum absolute atomic E-state index is 4.38. The third-order valence-electron chi connectivity index (χ3n) is 4.42. The van der Waals surface area contributed by atoms with Crippen molar-refractivity contribution < 1.29 is 0 Å². The number of nitrogens with zero attached hydrogens (tertiary/aromatic N) is 2. The Labute approximate surface area is 105 Å². The molecule has 1 saturated carbocycles. The van der Waals surface area contributed by atoms with Crippen molar-refractivity contribution in [2.75, 3.05) is 7.05 Å². The average molecular weight is 235 g/mol. The second-order valence-corrected chi connectivity index (χ2v) is 6.08. The monoisotopic (exact) mass is 235 g/mol. The fraction of sp³-hybridized carbons (Fsp3) is 0.786. The summed E-state index contributed by atoms with van der Waals surface area (Å²) in [6.07, 6.45) is 10.6. The third kappa shape index (κ3) is 2.25. The number of rotatable bonds is 3. The van der Waals surface area contributed by atoms with Crippen LogP contribution in [0.1, 0.15) is 58.6 Å². The van der Waals surface area contributed by atoms with Gasteiger partial charge < -0.3 is 9.88 Å². The molecule has 0 aromatic carbocycles. The predicted molar refractivity (Wildman–Crippen MR) is 71.0 cm³/mol. The zero-order valence-electron chi connectivity index (χ0n) is 11.6. The molecular formula is C14H25N3. The molecule has 0 saturated heterocycles. The summed E-state index contributed by atoms with van der Waals surface area (Å²) in [5.41, 5.74) is 1.54. The smallest absolute Gasteiger partial charge is 0.0953 e. The van der Waals surface area contributed by atoms with Crippen LogP contribution in [0.15, 0.2) is 12.5 Å². The summed E-state index contributed by atoms with van der Waals surface area (Å²) in [5.74, 6) is 0. The highest BCUT2D eigenvalue weighted by molar-refractivity contribution is 5.14. The number of aromatic nitrogens is 2. The molecule has 1 heterocycles. The molecule has 0 atom stereocenters. The molecule has 1 aromatic heterocycles. The van der Waals surface area contributed by atoms with Gasteiger partial charge in [-0.1, -0.05) is 19.3 Å². The third-order valence-corrected chi connectivity index (χ3v) is 4.42. The Morgan fingerprint density at radius 2 is 1.94 bits per heavy atom. The molecule has 3 nitrogen and oxygen atoms in total. The van der Waals surface area contributed by atoms with Gasteiger partial charge in [0.25, 0.3) is 0 Å². The highest BCUT2D eigenvalue weighted by Gasteiger charge is 2.33. The largest absolute Gasteiger partial charge is 0.327 e. The van der Waals surface area contributed by atoms with Crippen molar-refractivity contribution in [3.05, 3.63) is 18.2 Å². The van der Waals surface area contributed by atoms with Crippen LogP contribution in [0.3, 0.4) is 0 Å². The van der Waals surface area contributed by atoms with Crippen LogP contribution in [0.4, 0.5) is 0 Å². The zero-order chi connectivity index (χ0) is 12.5. The van der Waals surface area contributed by atoms with E-state index in [1.165, 1.54) is 37.8 Å². The minimum atomic E-state index is -0.0169. The van der Waals surface area contributed by atoms with Gasteiger partial charge >= 0.3 is 0 Å². The van der Waals surface area contributed by atoms with Gasteiger partial charge in [-0.2, -0.15) is 0 Å². The lowest BCUT2D eigenvalue weighted by Gasteiger charge is -2.39. The molecule has 0 radical (unpaired) electrons. The summed E-state index contributed by atoms with van der Waals surface area (Å²) in [5, 5.41) is 3.38. The van der Waals surface area contributed by atoms with E-state index in [0.717, 1.165) is 0 Å². The molecule has 1 aliphatic carbocycles. The lowest BCUT2D eigenvalue weighted by molar-refractivity contribution is 0.202. The Bertz CT molecular complexity index is 373. The van der Waals surface area contributed by atoms with E-state index in [4.69, 9.17) is 0 Å². The molecular weight excluding hydrogens is 210 g/mol. The SMILES string of the molecule is CNC(C)(C)c1cncn1C1(C)CCCCC1. The molecule has 17 heavy (non-hydrogen) atoms. The lowest BCUT2D eigenvalue weighted by Crippen LogP contribution is -2.41. The molecule has 2 rings (SSSR count). The predicted octanol–water partition coefficient (Wildman–Crippen LogP) is 3.02. The summed E-state index contributed by atoms with van der Waals surface area (Å²) in [6, 6.07) is 0. The Kier molecular flexibility index (Phi) is 3.30. The van der Waals surface area contributed by atoms with Gasteiger partial charge in [0, 0.05) is 5.54 Å². The van der Waals surface area contributed by atoms with Crippen molar-refractivity contribution in [1.82, 2.24) is 14.9 Å². The Morgan fingerprint density at radius 3 is 2.53 bits per heavy atom. The van der Waals surface area contributed by atoms with Gasteiger partial charge in [-0.05, 0) is 40.7 Å². The van der Waals surface area contributed by atoms with E-state index in [0.29, 0.717) is 0 Å². The second-order valence-electron chi connectivity index (χ2n) is 6.08. The normalized spacial score (nSPS) is 20.5. The van der Waals surface area contributed by atoms with Gasteiger partial charge in [0.1, 0.15) is 0 Å². The standard InChI is InChI=1S/C14H25N3/c1-13(2,15-4)12-10-16-11-17(12)14(3)8-6-5-7-9-14/h10-11,15H,5-9H2,1-4H3. The Hall–Kier alpha value is -0.830. The molecule has 1 aliphatic rings. The van der Waals surface area contributed by atoms with Crippen molar-refractivity contribution >= 4 is 0 Å². The van der Waals surface area contributed by atoms with Gasteiger partial charge in [0.15, 0.2) is 0 Å². The summed E-state index contributed by atoms with van der Waals surface area (Å²) >= 11 is 0. The van der Waals surface area contributed by atoms with Gasteiger partial charge in [0.05, 0.1) is 23.8 Å². The fourth-order valence-electron chi connectivity index (χ4n) is 2.87. The quantitative estimate of drug-likeness (QED) is 0.872. The number of hydrogen-bond acceptors (Lipinski definition) is 2. The topological polar surface area (TPSA) is 29.9 Å². The summed E-state index contributed by atoms with van der Waals surface area (Å²) in [7, 11) is 2.01. The van der Waals surface area contributed by atoms with Crippen LogP contribution < -0.4 is 5.32 Å². The maximum atomic E-state index is 4.38. The van der Waals surface area contributed by atoms with Crippen LogP contribution in [0.5, 0.6) is 0 Å². The highest BCUT2D eigenvalue weighted by Crippen LogP contribution is 2.37. The van der Waals surface area contributed by atoms with E-state index in [2.05, 4.69) is 35.6 Å². The van der Waals surface area contributed by atoms with Gasteiger partial charge in [-0.15, -0.1) is 0 Å². The van der Waals surface area contributed by atoms with E-state index in [9.17, 15) is 0 Å². The van der Waals surface area contributed by atoms with E-state index in [1.807, 2.05) is 19.6 Å². The van der Waals surface area contributed by atoms with Crippen LogP contribution in [0.2, 0.25) is 0 Å². The maximum Gasteiger partial charge on any atom is 0.0953 e. The van der Waals surface area contributed by atoms with Crippen LogP contribution in [-0.4, -0.2) is 16.6 Å². The van der Waals surface area contributed by atoms with Gasteiger partial charge in [-0.3, -0.25) is 0 Å². The van der Waals surface area contributed by atoms with Crippen LogP contribution in [0, 0.1) is 0 Å². The average Bonchev–Trinajstić information content (AvgIpc) is 2.80. The van der Waals surface area contributed by atoms with Crippen molar-refractivity contribution in [3.8, 4) is 0 Å². The van der Waals surface area contributed by atoms with Gasteiger partial charge in [-0.25, -0.2) is 4.98 Å². The molecule has 1 aromatic rings. The van der Waals surface area contributed by atoms with E-state index in [-0.39, 0.29) is 11.1 Å². The molecule has 3 heteroatoms. The molecule has 0 aliphatic heterocycles. The van der Waals surface area contributed by atoms with Crippen molar-refractivity contribution in [2.24, 2.45) is 0 Å². The molecule has 96 valence electrons. The number of hydrogen-bond donors (Lipinski definition) is 1. The minimum Gasteiger partial charge on any atom is -0.327 e. The van der Waals surface area contributed by atoms with Crippen molar-refractivity contribution in [1.29, 1.82) is 0 Å². The number of nitrogens with one attached hydrogen (secondary N) is 1. The van der Waals surface area contributed by atoms with Gasteiger partial charge in [0.2, 0.25) is 0 Å². The molecule has 0 spiro atoms. The van der Waals surface area contributed by atoms with E-state index in [1.54, 1.807) is 0 Å². The first-order valence-corrected chi connectivity index (χ1v) is 6.72. The molecule has 0 bridgehead atoms. The zero-order valence-corrected chi connectivity index (χ0v) is 11.6. The summed E-state index contributed by atoms with van der Waals surface area (Å²) in [4.78, 5) is 4.38. The van der Waals surface area contributed by atoms with Crippen molar-refractivity contribution in [2.45, 2.75) is 64.0 Å². The van der Waals surface area contributed by atoms with E-state index >= 15 is 0 Å². The molecule has 1 fully saturated rings. The number of imidazole rings is 1. The fourth-order valence-corrected chi connectivity index (χ4v) is 2.87. The second kappa shape index (κ2) is 4.45. The van der Waals surface area contributed by atoms with Crippen LogP contribution in [-0.2, 0) is 11.1 Å². The Balaban J connectivity index is 2.36. The highest BCUT2D eigenvalue weighted by atomic mass is 15.1. The first-order chi connectivity index (χ1) is 7.99. The summed E-state index contributed by atoms with van der Waals surface area (Å²) in [6.45, 7) is 6.81. The lowest BCUT2D eigenvalue weighted by atomic mass is 9.82. The van der Waals surface area contributed by atoms with E-state index < -0.39 is 0 Å². The molecule has 1 N–H and O–H groups in total. The summed E-state index contributed by atoms with van der Waals surface area (Å²) < 4.78 is 2.41. The Morgan fingerprint density at radius 1 is 1.29 bits per heavy atom.